The van der Waals surface area contributed by atoms with E-state index in [-0.39, 0.29) is 57.4 Å². The van der Waals surface area contributed by atoms with Crippen LogP contribution >= 0.6 is 0 Å². The van der Waals surface area contributed by atoms with Crippen LogP contribution in [0.2, 0.25) is 0 Å². The first kappa shape index (κ1) is 38.3. The fourth-order valence-corrected chi connectivity index (χ4v) is 7.78. The van der Waals surface area contributed by atoms with E-state index in [9.17, 15) is 10.2 Å². The molecule has 56 heavy (non-hydrogen) atoms. The molecule has 0 radical (unpaired) electrons. The third-order valence-electron chi connectivity index (χ3n) is 10.6. The van der Waals surface area contributed by atoms with Crippen molar-refractivity contribution in [2.45, 2.75) is 79.1 Å². The summed E-state index contributed by atoms with van der Waals surface area (Å²) in [5.41, 5.74) is 9.86. The summed E-state index contributed by atoms with van der Waals surface area (Å²) in [6.07, 6.45) is 7.44. The van der Waals surface area contributed by atoms with Crippen molar-refractivity contribution in [3.8, 4) is 67.4 Å². The van der Waals surface area contributed by atoms with Crippen LogP contribution in [0.5, 0.6) is 11.5 Å². The highest BCUT2D eigenvalue weighted by Gasteiger charge is 2.24. The zero-order valence-corrected chi connectivity index (χ0v) is 33.1. The highest BCUT2D eigenvalue weighted by Crippen LogP contribution is 2.47. The van der Waals surface area contributed by atoms with Gasteiger partial charge in [0.1, 0.15) is 23.1 Å². The summed E-state index contributed by atoms with van der Waals surface area (Å²) >= 11 is 0. The number of hydrogen-bond acceptors (Lipinski definition) is 4. The Morgan fingerprint density at radius 1 is 0.464 bits per heavy atom. The second-order valence-electron chi connectivity index (χ2n) is 15.8. The van der Waals surface area contributed by atoms with Gasteiger partial charge in [0.05, 0.1) is 23.8 Å². The Morgan fingerprint density at radius 3 is 1.12 bits per heavy atom. The van der Waals surface area contributed by atoms with Crippen LogP contribution in [0.3, 0.4) is 0 Å². The minimum absolute atomic E-state index is 0.0221. The molecule has 8 heteroatoms. The van der Waals surface area contributed by atoms with E-state index >= 15 is 8.78 Å². The van der Waals surface area contributed by atoms with Gasteiger partial charge in [-0.05, 0) is 106 Å². The van der Waals surface area contributed by atoms with Crippen LogP contribution in [-0.4, -0.2) is 29.8 Å². The topological polar surface area (TPSA) is 76.1 Å². The number of aromatic hydroxyl groups is 2. The van der Waals surface area contributed by atoms with E-state index in [4.69, 9.17) is 0 Å². The minimum atomic E-state index is -0.659. The fraction of sp³-hybridized carbons (Fsp3) is 0.250. The van der Waals surface area contributed by atoms with Crippen LogP contribution in [0.4, 0.5) is 8.78 Å². The Labute approximate surface area is 327 Å². The van der Waals surface area contributed by atoms with E-state index in [0.29, 0.717) is 11.4 Å². The number of hydrogen-bond donors (Lipinski definition) is 2. The normalized spacial score (nSPS) is 11.8. The van der Waals surface area contributed by atoms with Crippen LogP contribution < -0.4 is 0 Å². The zero-order valence-electron chi connectivity index (χ0n) is 33.1. The number of halogens is 2. The quantitative estimate of drug-likeness (QED) is 0.137. The van der Waals surface area contributed by atoms with Gasteiger partial charge in [-0.15, -0.1) is 0 Å². The molecule has 0 unspecified atom stereocenters. The van der Waals surface area contributed by atoms with Crippen molar-refractivity contribution in [1.82, 2.24) is 19.6 Å². The predicted molar refractivity (Wildman–Crippen MR) is 222 cm³/mol. The number of aromatic nitrogens is 4. The molecule has 0 amide bonds. The Morgan fingerprint density at radius 2 is 0.804 bits per heavy atom. The first-order valence-corrected chi connectivity index (χ1v) is 19.3. The number of rotatable bonds is 10. The van der Waals surface area contributed by atoms with Crippen molar-refractivity contribution in [2.75, 3.05) is 0 Å². The van der Waals surface area contributed by atoms with E-state index in [1.807, 2.05) is 12.4 Å². The minimum Gasteiger partial charge on any atom is -0.507 e. The Balaban J connectivity index is 1.33. The van der Waals surface area contributed by atoms with Gasteiger partial charge in [0.25, 0.3) is 0 Å². The molecule has 0 spiro atoms. The van der Waals surface area contributed by atoms with Crippen molar-refractivity contribution in [3.05, 3.63) is 144 Å². The van der Waals surface area contributed by atoms with Gasteiger partial charge in [0.15, 0.2) is 0 Å². The molecule has 0 saturated heterocycles. The van der Waals surface area contributed by atoms with Gasteiger partial charge in [-0.25, -0.2) is 18.1 Å². The van der Waals surface area contributed by atoms with Gasteiger partial charge in [-0.1, -0.05) is 91.8 Å². The first-order chi connectivity index (χ1) is 26.7. The lowest BCUT2D eigenvalue weighted by molar-refractivity contribution is 0.462. The summed E-state index contributed by atoms with van der Waals surface area (Å²) in [6, 6.07) is 24.2. The molecule has 7 rings (SSSR count). The van der Waals surface area contributed by atoms with Crippen molar-refractivity contribution < 1.29 is 19.0 Å². The number of benzene rings is 5. The maximum atomic E-state index is 16.0. The average molecular weight is 751 g/mol. The van der Waals surface area contributed by atoms with Gasteiger partial charge < -0.3 is 10.2 Å². The first-order valence-electron chi connectivity index (χ1n) is 19.3. The lowest BCUT2D eigenvalue weighted by atomic mass is 9.86. The molecule has 2 N–H and O–H groups in total. The van der Waals surface area contributed by atoms with Crippen molar-refractivity contribution in [2.24, 2.45) is 0 Å². The van der Waals surface area contributed by atoms with Gasteiger partial charge in [0, 0.05) is 45.8 Å². The molecule has 0 bridgehead atoms. The van der Waals surface area contributed by atoms with Crippen LogP contribution in [0.25, 0.3) is 55.9 Å². The van der Waals surface area contributed by atoms with E-state index in [2.05, 4.69) is 102 Å². The third kappa shape index (κ3) is 7.00. The lowest BCUT2D eigenvalue weighted by Gasteiger charge is -2.18. The zero-order chi connectivity index (χ0) is 40.0. The van der Waals surface area contributed by atoms with Crippen molar-refractivity contribution >= 4 is 0 Å². The van der Waals surface area contributed by atoms with Crippen molar-refractivity contribution in [1.29, 1.82) is 0 Å². The molecule has 2 aromatic heterocycles. The van der Waals surface area contributed by atoms with E-state index in [0.717, 1.165) is 22.3 Å². The number of nitrogens with zero attached hydrogens (tertiary/aromatic N) is 4. The highest BCUT2D eigenvalue weighted by molar-refractivity contribution is 5.92. The van der Waals surface area contributed by atoms with Crippen LogP contribution in [0.15, 0.2) is 110 Å². The maximum Gasteiger partial charge on any atom is 0.131 e. The molecular weight excluding hydrogens is 703 g/mol. The summed E-state index contributed by atoms with van der Waals surface area (Å²) in [4.78, 5) is 0. The summed E-state index contributed by atoms with van der Waals surface area (Å²) in [5, 5.41) is 32.0. The van der Waals surface area contributed by atoms with Crippen molar-refractivity contribution in [3.63, 3.8) is 0 Å². The second kappa shape index (κ2) is 15.3. The molecule has 0 atom stereocenters. The predicted octanol–water partition coefficient (Wildman–Crippen LogP) is 12.9. The Bertz CT molecular complexity index is 2330. The van der Waals surface area contributed by atoms with Gasteiger partial charge >= 0.3 is 0 Å². The molecule has 2 heterocycles. The SMILES string of the molecule is CC(C)c1cccc(C(C)C)c1-c1cnn(-c2ccc(F)c(-c3c(O)ccc(O)c3-c3cc(-n4cc(-c5c(C(C)C)cccc5C(C)C)cn4)ccc3F)c2)c1. The average Bonchev–Trinajstić information content (AvgIpc) is 3.87. The summed E-state index contributed by atoms with van der Waals surface area (Å²) in [5.74, 6) is -0.826. The molecule has 0 saturated carbocycles. The largest absolute Gasteiger partial charge is 0.507 e. The van der Waals surface area contributed by atoms with Crippen LogP contribution in [-0.2, 0) is 0 Å². The fourth-order valence-electron chi connectivity index (χ4n) is 7.78. The molecule has 5 aromatic carbocycles. The second-order valence-corrected chi connectivity index (χ2v) is 15.8. The van der Waals surface area contributed by atoms with Gasteiger partial charge in [0.2, 0.25) is 0 Å². The number of phenolic OH excluding ortho intramolecular Hbond substituents is 2. The van der Waals surface area contributed by atoms with Gasteiger partial charge in [-0.3, -0.25) is 0 Å². The highest BCUT2D eigenvalue weighted by atomic mass is 19.1. The standard InChI is InChI=1S/C48H48F2N4O2/c1-27(2)35-11-9-12-36(28(3)4)45(35)31-23-51-53(25-31)33-15-17-41(49)39(21-33)47-43(55)19-20-44(56)48(47)40-22-34(16-18-42(40)50)54-26-32(24-52-54)46-37(29(5)6)13-10-14-38(46)30(7)8/h9-30,55-56H,1-8H3. The molecule has 0 aliphatic rings. The summed E-state index contributed by atoms with van der Waals surface area (Å²) in [7, 11) is 0. The lowest BCUT2D eigenvalue weighted by Crippen LogP contribution is -2.00. The molecule has 7 aromatic rings. The maximum absolute atomic E-state index is 16.0. The van der Waals surface area contributed by atoms with E-state index < -0.39 is 11.6 Å². The summed E-state index contributed by atoms with van der Waals surface area (Å²) < 4.78 is 35.3. The molecule has 286 valence electrons. The monoisotopic (exact) mass is 750 g/mol. The Hall–Kier alpha value is -6.02. The molecule has 0 fully saturated rings. The van der Waals surface area contributed by atoms with Crippen LogP contribution in [0, 0.1) is 11.6 Å². The van der Waals surface area contributed by atoms with Gasteiger partial charge in [-0.2, -0.15) is 10.2 Å². The summed E-state index contributed by atoms with van der Waals surface area (Å²) in [6.45, 7) is 17.3. The third-order valence-corrected chi connectivity index (χ3v) is 10.6. The van der Waals surface area contributed by atoms with E-state index in [1.54, 1.807) is 46.0 Å². The van der Waals surface area contributed by atoms with E-state index in [1.165, 1.54) is 46.5 Å². The molecule has 0 aliphatic heterocycles. The van der Waals surface area contributed by atoms with Crippen LogP contribution in [0.1, 0.15) is 101 Å². The molecular formula is C48H48F2N4O2. The molecule has 6 nitrogen and oxygen atoms in total. The smallest absolute Gasteiger partial charge is 0.131 e. The molecule has 0 aliphatic carbocycles. The Kier molecular flexibility index (Phi) is 10.4. The number of phenols is 2.